The maximum atomic E-state index is 12.5. The monoisotopic (exact) mass is 340 g/mol. The Labute approximate surface area is 135 Å². The molecule has 2 rings (SSSR count). The van der Waals surface area contributed by atoms with E-state index >= 15 is 0 Å². The number of hydrogen-bond acceptors (Lipinski definition) is 3. The topological polar surface area (TPSA) is 71.2 Å². The molecule has 0 saturated heterocycles. The van der Waals surface area contributed by atoms with Gasteiger partial charge in [0, 0.05) is 6.54 Å². The fraction of sp³-hybridized carbons (Fsp3) is 0.250. The summed E-state index contributed by atoms with van der Waals surface area (Å²) in [7, 11) is 0. The molecule has 2 N–H and O–H groups in total. The molecule has 8 heteroatoms. The van der Waals surface area contributed by atoms with E-state index in [2.05, 4.69) is 5.32 Å². The number of amides is 1. The highest BCUT2D eigenvalue weighted by Crippen LogP contribution is 2.26. The van der Waals surface area contributed by atoms with Crippen LogP contribution in [-0.4, -0.2) is 17.5 Å². The van der Waals surface area contributed by atoms with Crippen molar-refractivity contribution in [1.29, 1.82) is 0 Å². The maximum Gasteiger partial charge on any atom is 0.421 e. The van der Waals surface area contributed by atoms with Crippen LogP contribution < -0.4 is 15.6 Å². The summed E-state index contributed by atoms with van der Waals surface area (Å²) in [4.78, 5) is 25.3. The van der Waals surface area contributed by atoms with E-state index in [0.29, 0.717) is 18.4 Å². The summed E-state index contributed by atoms with van der Waals surface area (Å²) in [5.41, 5.74) is -2.19. The van der Waals surface area contributed by atoms with Crippen molar-refractivity contribution in [2.24, 2.45) is 0 Å². The Morgan fingerprint density at radius 3 is 2.62 bits per heavy atom. The first-order valence-electron chi connectivity index (χ1n) is 7.11. The largest absolute Gasteiger partial charge is 0.494 e. The fourth-order valence-corrected chi connectivity index (χ4v) is 2.02. The molecule has 0 bridgehead atoms. The summed E-state index contributed by atoms with van der Waals surface area (Å²) < 4.78 is 42.9. The van der Waals surface area contributed by atoms with E-state index in [-0.39, 0.29) is 12.2 Å². The lowest BCUT2D eigenvalue weighted by Crippen LogP contribution is -2.28. The standard InChI is InChI=1S/C16H15F3N2O3/c1-2-24-11-5-3-4-10(8-11)9-20-15(23)13-7-6-12(14(22)21-13)16(17,18)19/h3-8H,2,9H2,1H3,(H,20,23)(H,21,22). The van der Waals surface area contributed by atoms with Crippen LogP contribution in [0.25, 0.3) is 0 Å². The predicted octanol–water partition coefficient (Wildman–Crippen LogP) is 2.72. The molecule has 0 atom stereocenters. The van der Waals surface area contributed by atoms with Gasteiger partial charge in [-0.3, -0.25) is 9.59 Å². The van der Waals surface area contributed by atoms with Crippen LogP contribution in [0.2, 0.25) is 0 Å². The van der Waals surface area contributed by atoms with E-state index in [1.807, 2.05) is 11.9 Å². The second kappa shape index (κ2) is 7.20. The highest BCUT2D eigenvalue weighted by atomic mass is 19.4. The smallest absolute Gasteiger partial charge is 0.421 e. The predicted molar refractivity (Wildman–Crippen MR) is 80.8 cm³/mol. The van der Waals surface area contributed by atoms with Gasteiger partial charge in [0.05, 0.1) is 6.61 Å². The van der Waals surface area contributed by atoms with Gasteiger partial charge in [0.25, 0.3) is 11.5 Å². The minimum atomic E-state index is -4.76. The van der Waals surface area contributed by atoms with E-state index in [1.54, 1.807) is 24.3 Å². The van der Waals surface area contributed by atoms with Crippen LogP contribution in [0.4, 0.5) is 13.2 Å². The summed E-state index contributed by atoms with van der Waals surface area (Å²) in [6.45, 7) is 2.49. The van der Waals surface area contributed by atoms with Crippen LogP contribution in [0.3, 0.4) is 0 Å². The zero-order chi connectivity index (χ0) is 17.7. The van der Waals surface area contributed by atoms with Gasteiger partial charge in [0.1, 0.15) is 17.0 Å². The number of rotatable bonds is 5. The number of alkyl halides is 3. The van der Waals surface area contributed by atoms with Gasteiger partial charge in [0.15, 0.2) is 0 Å². The van der Waals surface area contributed by atoms with Crippen molar-refractivity contribution in [3.63, 3.8) is 0 Å². The van der Waals surface area contributed by atoms with Gasteiger partial charge in [0.2, 0.25) is 0 Å². The van der Waals surface area contributed by atoms with Crippen LogP contribution in [0, 0.1) is 0 Å². The lowest BCUT2D eigenvalue weighted by Gasteiger charge is -2.09. The number of nitrogens with one attached hydrogen (secondary N) is 2. The minimum Gasteiger partial charge on any atom is -0.494 e. The van der Waals surface area contributed by atoms with Gasteiger partial charge in [-0.2, -0.15) is 13.2 Å². The molecule has 1 heterocycles. The summed E-state index contributed by atoms with van der Waals surface area (Å²) >= 11 is 0. The van der Waals surface area contributed by atoms with Crippen molar-refractivity contribution in [3.05, 3.63) is 63.6 Å². The average Bonchev–Trinajstić information content (AvgIpc) is 2.52. The maximum absolute atomic E-state index is 12.5. The Morgan fingerprint density at radius 2 is 2.00 bits per heavy atom. The van der Waals surface area contributed by atoms with Gasteiger partial charge >= 0.3 is 6.18 Å². The van der Waals surface area contributed by atoms with Crippen molar-refractivity contribution >= 4 is 5.91 Å². The third kappa shape index (κ3) is 4.37. The lowest BCUT2D eigenvalue weighted by atomic mass is 10.2. The Hall–Kier alpha value is -2.77. The molecule has 0 spiro atoms. The highest BCUT2D eigenvalue weighted by Gasteiger charge is 2.34. The SMILES string of the molecule is CCOc1cccc(CNC(=O)c2ccc(C(F)(F)F)c(=O)[nH]2)c1. The summed E-state index contributed by atoms with van der Waals surface area (Å²) in [5.74, 6) is -0.0326. The third-order valence-electron chi connectivity index (χ3n) is 3.12. The molecule has 0 fully saturated rings. The highest BCUT2D eigenvalue weighted by molar-refractivity contribution is 5.92. The molecule has 24 heavy (non-hydrogen) atoms. The summed E-state index contributed by atoms with van der Waals surface area (Å²) in [5, 5.41) is 2.52. The summed E-state index contributed by atoms with van der Waals surface area (Å²) in [6, 6.07) is 8.53. The van der Waals surface area contributed by atoms with Gasteiger partial charge < -0.3 is 15.0 Å². The normalized spacial score (nSPS) is 11.2. The van der Waals surface area contributed by atoms with Crippen molar-refractivity contribution in [2.75, 3.05) is 6.61 Å². The third-order valence-corrected chi connectivity index (χ3v) is 3.12. The molecule has 0 aliphatic carbocycles. The fourth-order valence-electron chi connectivity index (χ4n) is 2.02. The first-order chi connectivity index (χ1) is 11.3. The van der Waals surface area contributed by atoms with E-state index in [9.17, 15) is 22.8 Å². The number of carbonyl (C=O) groups is 1. The molecule has 2 aromatic rings. The molecule has 1 amide bonds. The van der Waals surface area contributed by atoms with Crippen LogP contribution in [-0.2, 0) is 12.7 Å². The Morgan fingerprint density at radius 1 is 1.25 bits per heavy atom. The second-order valence-electron chi connectivity index (χ2n) is 4.88. The number of carbonyl (C=O) groups excluding carboxylic acids is 1. The van der Waals surface area contributed by atoms with Crippen molar-refractivity contribution in [3.8, 4) is 5.75 Å². The molecule has 5 nitrogen and oxygen atoms in total. The molecule has 0 saturated carbocycles. The molecule has 1 aromatic heterocycles. The molecule has 0 unspecified atom stereocenters. The van der Waals surface area contributed by atoms with E-state index in [4.69, 9.17) is 4.74 Å². The summed E-state index contributed by atoms with van der Waals surface area (Å²) in [6.07, 6.45) is -4.76. The first kappa shape index (κ1) is 17.6. The molecule has 0 aliphatic rings. The van der Waals surface area contributed by atoms with Crippen LogP contribution in [0.5, 0.6) is 5.75 Å². The van der Waals surface area contributed by atoms with Crippen molar-refractivity contribution in [1.82, 2.24) is 10.3 Å². The number of hydrogen-bond donors (Lipinski definition) is 2. The van der Waals surface area contributed by atoms with Crippen molar-refractivity contribution in [2.45, 2.75) is 19.6 Å². The van der Waals surface area contributed by atoms with Gasteiger partial charge in [-0.25, -0.2) is 0 Å². The van der Waals surface area contributed by atoms with Crippen LogP contribution in [0.15, 0.2) is 41.2 Å². The number of H-pyrrole nitrogens is 1. The van der Waals surface area contributed by atoms with Crippen LogP contribution in [0.1, 0.15) is 28.5 Å². The minimum absolute atomic E-state index is 0.142. The quantitative estimate of drug-likeness (QED) is 0.879. The number of ether oxygens (including phenoxy) is 1. The average molecular weight is 340 g/mol. The Kier molecular flexibility index (Phi) is 5.28. The zero-order valence-electron chi connectivity index (χ0n) is 12.7. The van der Waals surface area contributed by atoms with E-state index in [1.165, 1.54) is 0 Å². The number of aromatic nitrogens is 1. The van der Waals surface area contributed by atoms with Gasteiger partial charge in [-0.05, 0) is 36.8 Å². The van der Waals surface area contributed by atoms with E-state index < -0.39 is 23.2 Å². The van der Waals surface area contributed by atoms with Crippen molar-refractivity contribution < 1.29 is 22.7 Å². The number of benzene rings is 1. The van der Waals surface area contributed by atoms with Gasteiger partial charge in [-0.15, -0.1) is 0 Å². The molecular weight excluding hydrogens is 325 g/mol. The molecule has 0 aliphatic heterocycles. The molecule has 1 aromatic carbocycles. The van der Waals surface area contributed by atoms with Gasteiger partial charge in [-0.1, -0.05) is 12.1 Å². The molecular formula is C16H15F3N2O3. The van der Waals surface area contributed by atoms with Crippen LogP contribution >= 0.6 is 0 Å². The Bertz CT molecular complexity index is 785. The Balaban J connectivity index is 2.06. The number of halogens is 3. The number of pyridine rings is 1. The second-order valence-corrected chi connectivity index (χ2v) is 4.88. The lowest BCUT2D eigenvalue weighted by molar-refractivity contribution is -0.138. The molecule has 128 valence electrons. The molecule has 0 radical (unpaired) electrons. The number of aromatic amines is 1. The van der Waals surface area contributed by atoms with E-state index in [0.717, 1.165) is 11.6 Å². The first-order valence-corrected chi connectivity index (χ1v) is 7.11. The zero-order valence-corrected chi connectivity index (χ0v) is 12.7.